The van der Waals surface area contributed by atoms with Gasteiger partial charge in [-0.2, -0.15) is 0 Å². The van der Waals surface area contributed by atoms with Gasteiger partial charge < -0.3 is 10.9 Å². The van der Waals surface area contributed by atoms with Gasteiger partial charge in [-0.25, -0.2) is 0 Å². The Labute approximate surface area is 101 Å². The summed E-state index contributed by atoms with van der Waals surface area (Å²) < 4.78 is 0. The molecule has 1 aromatic carbocycles. The van der Waals surface area contributed by atoms with E-state index in [-0.39, 0.29) is 11.1 Å². The molecule has 3 nitrogen and oxygen atoms in total. The molecular formula is C12H18N2OS. The number of hydrogen-bond acceptors (Lipinski definition) is 3. The van der Waals surface area contributed by atoms with Gasteiger partial charge in [-0.1, -0.05) is 31.1 Å². The van der Waals surface area contributed by atoms with Crippen molar-refractivity contribution in [2.75, 3.05) is 0 Å². The van der Waals surface area contributed by atoms with Gasteiger partial charge >= 0.3 is 0 Å². The van der Waals surface area contributed by atoms with Crippen molar-refractivity contribution in [3.8, 4) is 0 Å². The quantitative estimate of drug-likeness (QED) is 0.279. The molecule has 1 unspecified atom stereocenters. The van der Waals surface area contributed by atoms with Crippen LogP contribution in [-0.4, -0.2) is 16.3 Å². The van der Waals surface area contributed by atoms with Gasteiger partial charge in [-0.3, -0.25) is 0 Å². The van der Waals surface area contributed by atoms with Crippen LogP contribution in [0.1, 0.15) is 32.3 Å². The predicted octanol–water partition coefficient (Wildman–Crippen LogP) is 3.04. The number of oxime groups is 1. The molecule has 1 atom stereocenters. The Kier molecular flexibility index (Phi) is 4.68. The van der Waals surface area contributed by atoms with Gasteiger partial charge in [0.1, 0.15) is 0 Å². The van der Waals surface area contributed by atoms with Crippen LogP contribution in [0, 0.1) is 0 Å². The number of amidine groups is 1. The Morgan fingerprint density at radius 2 is 1.81 bits per heavy atom. The SMILES string of the molecule is CC(Sc1ccc(C(C)C)cc1)C(N)=NO. The summed E-state index contributed by atoms with van der Waals surface area (Å²) in [4.78, 5) is 1.13. The maximum Gasteiger partial charge on any atom is 0.152 e. The first kappa shape index (κ1) is 12.9. The van der Waals surface area contributed by atoms with Gasteiger partial charge in [0, 0.05) is 4.90 Å². The standard InChI is InChI=1S/C12H18N2OS/c1-8(2)10-4-6-11(7-5-10)16-9(3)12(13)14-15/h4-9,15H,1-3H3,(H2,13,14). The largest absolute Gasteiger partial charge is 0.409 e. The van der Waals surface area contributed by atoms with Crippen LogP contribution in [-0.2, 0) is 0 Å². The van der Waals surface area contributed by atoms with Crippen LogP contribution in [0.4, 0.5) is 0 Å². The number of benzene rings is 1. The molecule has 1 aromatic rings. The fraction of sp³-hybridized carbons (Fsp3) is 0.417. The number of nitrogens with two attached hydrogens (primary N) is 1. The fourth-order valence-electron chi connectivity index (χ4n) is 1.28. The van der Waals surface area contributed by atoms with Gasteiger partial charge in [0.05, 0.1) is 5.25 Å². The number of rotatable bonds is 4. The molecule has 0 spiro atoms. The molecule has 3 N–H and O–H groups in total. The molecule has 0 saturated carbocycles. The summed E-state index contributed by atoms with van der Waals surface area (Å²) in [7, 11) is 0. The van der Waals surface area contributed by atoms with Crippen LogP contribution < -0.4 is 5.73 Å². The van der Waals surface area contributed by atoms with E-state index < -0.39 is 0 Å². The molecule has 16 heavy (non-hydrogen) atoms. The van der Waals surface area contributed by atoms with E-state index in [0.717, 1.165) is 4.90 Å². The minimum atomic E-state index is -0.0186. The molecule has 0 aromatic heterocycles. The molecule has 88 valence electrons. The van der Waals surface area contributed by atoms with Crippen LogP contribution in [0.15, 0.2) is 34.3 Å². The molecule has 0 fully saturated rings. The lowest BCUT2D eigenvalue weighted by Crippen LogP contribution is -2.23. The van der Waals surface area contributed by atoms with E-state index in [2.05, 4.69) is 43.3 Å². The Balaban J connectivity index is 2.69. The van der Waals surface area contributed by atoms with Crippen LogP contribution in [0.5, 0.6) is 0 Å². The topological polar surface area (TPSA) is 58.6 Å². The number of nitrogens with zero attached hydrogens (tertiary/aromatic N) is 1. The van der Waals surface area contributed by atoms with E-state index in [1.54, 1.807) is 11.8 Å². The van der Waals surface area contributed by atoms with Crippen molar-refractivity contribution in [2.24, 2.45) is 10.9 Å². The van der Waals surface area contributed by atoms with Crippen molar-refractivity contribution in [3.63, 3.8) is 0 Å². The maximum absolute atomic E-state index is 8.55. The van der Waals surface area contributed by atoms with Crippen LogP contribution >= 0.6 is 11.8 Å². The zero-order chi connectivity index (χ0) is 12.1. The Morgan fingerprint density at radius 1 is 1.25 bits per heavy atom. The summed E-state index contributed by atoms with van der Waals surface area (Å²) in [6.07, 6.45) is 0. The fourth-order valence-corrected chi connectivity index (χ4v) is 2.15. The molecule has 0 heterocycles. The summed E-state index contributed by atoms with van der Waals surface area (Å²) in [5.41, 5.74) is 6.84. The van der Waals surface area contributed by atoms with Crippen molar-refractivity contribution in [3.05, 3.63) is 29.8 Å². The zero-order valence-electron chi connectivity index (χ0n) is 9.84. The van der Waals surface area contributed by atoms with Gasteiger partial charge in [-0.15, -0.1) is 11.8 Å². The Morgan fingerprint density at radius 3 is 2.25 bits per heavy atom. The smallest absolute Gasteiger partial charge is 0.152 e. The molecular weight excluding hydrogens is 220 g/mol. The lowest BCUT2D eigenvalue weighted by Gasteiger charge is -2.10. The van der Waals surface area contributed by atoms with Gasteiger partial charge in [-0.05, 0) is 30.5 Å². The molecule has 0 aliphatic rings. The first-order valence-corrected chi connectivity index (χ1v) is 6.16. The van der Waals surface area contributed by atoms with Crippen LogP contribution in [0.3, 0.4) is 0 Å². The molecule has 0 amide bonds. The number of hydrogen-bond donors (Lipinski definition) is 2. The van der Waals surface area contributed by atoms with E-state index in [4.69, 9.17) is 10.9 Å². The highest BCUT2D eigenvalue weighted by atomic mass is 32.2. The minimum absolute atomic E-state index is 0.0186. The molecule has 0 aliphatic heterocycles. The Bertz CT molecular complexity index is 360. The maximum atomic E-state index is 8.55. The van der Waals surface area contributed by atoms with Gasteiger partial charge in [0.2, 0.25) is 0 Å². The third-order valence-electron chi connectivity index (χ3n) is 2.39. The highest BCUT2D eigenvalue weighted by Gasteiger charge is 2.09. The van der Waals surface area contributed by atoms with E-state index in [9.17, 15) is 0 Å². The summed E-state index contributed by atoms with van der Waals surface area (Å²) >= 11 is 1.58. The lowest BCUT2D eigenvalue weighted by molar-refractivity contribution is 0.317. The number of thioether (sulfide) groups is 1. The van der Waals surface area contributed by atoms with E-state index in [0.29, 0.717) is 5.92 Å². The van der Waals surface area contributed by atoms with Crippen LogP contribution in [0.25, 0.3) is 0 Å². The second kappa shape index (κ2) is 5.80. The second-order valence-corrected chi connectivity index (χ2v) is 5.42. The Hall–Kier alpha value is -1.16. The third-order valence-corrected chi connectivity index (χ3v) is 3.53. The van der Waals surface area contributed by atoms with E-state index >= 15 is 0 Å². The van der Waals surface area contributed by atoms with E-state index in [1.807, 2.05) is 6.92 Å². The monoisotopic (exact) mass is 238 g/mol. The summed E-state index contributed by atoms with van der Waals surface area (Å²) in [5, 5.41) is 11.5. The van der Waals surface area contributed by atoms with Crippen molar-refractivity contribution in [1.82, 2.24) is 0 Å². The van der Waals surface area contributed by atoms with E-state index in [1.165, 1.54) is 5.56 Å². The third kappa shape index (κ3) is 3.45. The zero-order valence-corrected chi connectivity index (χ0v) is 10.7. The summed E-state index contributed by atoms with van der Waals surface area (Å²) in [6.45, 7) is 6.25. The van der Waals surface area contributed by atoms with Gasteiger partial charge in [0.15, 0.2) is 5.84 Å². The molecule has 0 bridgehead atoms. The highest BCUT2D eigenvalue weighted by Crippen LogP contribution is 2.25. The summed E-state index contributed by atoms with van der Waals surface area (Å²) in [6, 6.07) is 8.38. The first-order chi connectivity index (χ1) is 7.54. The predicted molar refractivity (Wildman–Crippen MR) is 69.3 cm³/mol. The normalized spacial score (nSPS) is 14.1. The first-order valence-electron chi connectivity index (χ1n) is 5.28. The highest BCUT2D eigenvalue weighted by molar-refractivity contribution is 8.00. The average Bonchev–Trinajstić information content (AvgIpc) is 2.28. The molecule has 1 rings (SSSR count). The lowest BCUT2D eigenvalue weighted by atomic mass is 10.0. The average molecular weight is 238 g/mol. The molecule has 4 heteroatoms. The van der Waals surface area contributed by atoms with Crippen molar-refractivity contribution in [2.45, 2.75) is 36.8 Å². The minimum Gasteiger partial charge on any atom is -0.409 e. The molecule has 0 radical (unpaired) electrons. The molecule has 0 aliphatic carbocycles. The molecule has 0 saturated heterocycles. The van der Waals surface area contributed by atoms with Gasteiger partial charge in [0.25, 0.3) is 0 Å². The van der Waals surface area contributed by atoms with Crippen LogP contribution in [0.2, 0.25) is 0 Å². The van der Waals surface area contributed by atoms with Crippen molar-refractivity contribution in [1.29, 1.82) is 0 Å². The van der Waals surface area contributed by atoms with Crippen molar-refractivity contribution >= 4 is 17.6 Å². The second-order valence-electron chi connectivity index (χ2n) is 4.01. The summed E-state index contributed by atoms with van der Waals surface area (Å²) in [5.74, 6) is 0.790. The van der Waals surface area contributed by atoms with Crippen molar-refractivity contribution < 1.29 is 5.21 Å².